The van der Waals surface area contributed by atoms with Gasteiger partial charge in [-0.2, -0.15) is 0 Å². The molecule has 4 nitrogen and oxygen atoms in total. The third kappa shape index (κ3) is 4.03. The summed E-state index contributed by atoms with van der Waals surface area (Å²) >= 11 is 1.77. The summed E-state index contributed by atoms with van der Waals surface area (Å²) in [6.07, 6.45) is 1.06. The number of carbonyl (C=O) groups is 1. The number of nitrogens with zero attached hydrogens (tertiary/aromatic N) is 2. The van der Waals surface area contributed by atoms with Crippen molar-refractivity contribution in [2.75, 3.05) is 39.8 Å². The summed E-state index contributed by atoms with van der Waals surface area (Å²) in [4.78, 5) is 17.6. The van der Waals surface area contributed by atoms with Crippen LogP contribution in [0.1, 0.15) is 17.4 Å². The van der Waals surface area contributed by atoms with Crippen LogP contribution in [0.2, 0.25) is 0 Å². The second-order valence-electron chi connectivity index (χ2n) is 5.01. The maximum Gasteiger partial charge on any atom is 0.236 e. The van der Waals surface area contributed by atoms with E-state index in [-0.39, 0.29) is 5.91 Å². The summed E-state index contributed by atoms with van der Waals surface area (Å²) in [6.45, 7) is 7.10. The molecular weight excluding hydrogens is 258 g/mol. The number of thiophene rings is 1. The highest BCUT2D eigenvalue weighted by molar-refractivity contribution is 7.10. The van der Waals surface area contributed by atoms with Crippen LogP contribution < -0.4 is 5.32 Å². The molecule has 1 saturated heterocycles. The van der Waals surface area contributed by atoms with Crippen LogP contribution in [-0.4, -0.2) is 55.5 Å². The van der Waals surface area contributed by atoms with Crippen LogP contribution >= 0.6 is 11.3 Å². The van der Waals surface area contributed by atoms with Crippen molar-refractivity contribution in [1.29, 1.82) is 0 Å². The van der Waals surface area contributed by atoms with Gasteiger partial charge in [0, 0.05) is 37.6 Å². The van der Waals surface area contributed by atoms with Gasteiger partial charge < -0.3 is 15.1 Å². The van der Waals surface area contributed by atoms with E-state index in [4.69, 9.17) is 0 Å². The minimum absolute atomic E-state index is 0.225. The Bertz CT molecular complexity index is 411. The Balaban J connectivity index is 1.72. The Morgan fingerprint density at radius 3 is 2.79 bits per heavy atom. The maximum atomic E-state index is 12.0. The van der Waals surface area contributed by atoms with Crippen molar-refractivity contribution >= 4 is 17.2 Å². The number of hydrogen-bond acceptors (Lipinski definition) is 4. The monoisotopic (exact) mass is 281 g/mol. The number of hydrogen-bond donors (Lipinski definition) is 1. The van der Waals surface area contributed by atoms with Crippen LogP contribution in [-0.2, 0) is 17.8 Å². The smallest absolute Gasteiger partial charge is 0.236 e. The Kier molecular flexibility index (Phi) is 5.36. The summed E-state index contributed by atoms with van der Waals surface area (Å²) in [5, 5.41) is 5.40. The van der Waals surface area contributed by atoms with Crippen LogP contribution in [0.5, 0.6) is 0 Å². The topological polar surface area (TPSA) is 35.6 Å². The molecule has 0 saturated carbocycles. The highest BCUT2D eigenvalue weighted by Gasteiger charge is 2.18. The summed E-state index contributed by atoms with van der Waals surface area (Å²) in [6, 6.07) is 2.17. The SMILES string of the molecule is CCc1ccsc1CNCC(=O)N1CCN(C)CC1. The van der Waals surface area contributed by atoms with Crippen molar-refractivity contribution in [2.45, 2.75) is 19.9 Å². The third-order valence-corrected chi connectivity index (χ3v) is 4.60. The lowest BCUT2D eigenvalue weighted by Gasteiger charge is -2.32. The number of amides is 1. The third-order valence-electron chi connectivity index (χ3n) is 3.64. The van der Waals surface area contributed by atoms with Crippen LogP contribution in [0.3, 0.4) is 0 Å². The zero-order valence-electron chi connectivity index (χ0n) is 11.8. The fourth-order valence-electron chi connectivity index (χ4n) is 2.29. The van der Waals surface area contributed by atoms with Gasteiger partial charge in [-0.15, -0.1) is 11.3 Å². The van der Waals surface area contributed by atoms with Gasteiger partial charge in [-0.3, -0.25) is 4.79 Å². The highest BCUT2D eigenvalue weighted by Crippen LogP contribution is 2.16. The lowest BCUT2D eigenvalue weighted by atomic mass is 10.2. The number of rotatable bonds is 5. The number of piperazine rings is 1. The van der Waals surface area contributed by atoms with Gasteiger partial charge >= 0.3 is 0 Å². The average Bonchev–Trinajstić information content (AvgIpc) is 2.87. The van der Waals surface area contributed by atoms with Gasteiger partial charge in [-0.25, -0.2) is 0 Å². The molecule has 0 aliphatic carbocycles. The molecule has 1 aliphatic heterocycles. The predicted molar refractivity (Wildman–Crippen MR) is 79.5 cm³/mol. The minimum Gasteiger partial charge on any atom is -0.339 e. The van der Waals surface area contributed by atoms with Crippen molar-refractivity contribution < 1.29 is 4.79 Å². The van der Waals surface area contributed by atoms with Gasteiger partial charge in [0.25, 0.3) is 0 Å². The number of nitrogens with one attached hydrogen (secondary N) is 1. The lowest BCUT2D eigenvalue weighted by Crippen LogP contribution is -2.49. The second kappa shape index (κ2) is 7.03. The summed E-state index contributed by atoms with van der Waals surface area (Å²) in [7, 11) is 2.10. The van der Waals surface area contributed by atoms with Crippen molar-refractivity contribution in [1.82, 2.24) is 15.1 Å². The van der Waals surface area contributed by atoms with Crippen molar-refractivity contribution in [3.8, 4) is 0 Å². The highest BCUT2D eigenvalue weighted by atomic mass is 32.1. The summed E-state index contributed by atoms with van der Waals surface area (Å²) < 4.78 is 0. The quantitative estimate of drug-likeness (QED) is 0.880. The Morgan fingerprint density at radius 1 is 1.37 bits per heavy atom. The normalized spacial score (nSPS) is 16.8. The van der Waals surface area contributed by atoms with Gasteiger partial charge in [0.1, 0.15) is 0 Å². The van der Waals surface area contributed by atoms with Crippen molar-refractivity contribution in [2.24, 2.45) is 0 Å². The predicted octanol–water partition coefficient (Wildman–Crippen LogP) is 1.17. The van der Waals surface area contributed by atoms with Gasteiger partial charge in [0.15, 0.2) is 0 Å². The largest absolute Gasteiger partial charge is 0.339 e. The number of carbonyl (C=O) groups excluding carboxylic acids is 1. The van der Waals surface area contributed by atoms with Crippen LogP contribution in [0.15, 0.2) is 11.4 Å². The van der Waals surface area contributed by atoms with Crippen LogP contribution in [0.25, 0.3) is 0 Å². The molecule has 1 aromatic heterocycles. The molecule has 0 bridgehead atoms. The number of likely N-dealkylation sites (N-methyl/N-ethyl adjacent to an activating group) is 1. The zero-order valence-corrected chi connectivity index (χ0v) is 12.6. The molecule has 0 unspecified atom stereocenters. The molecule has 0 radical (unpaired) electrons. The number of aryl methyl sites for hydroxylation is 1. The van der Waals surface area contributed by atoms with Crippen molar-refractivity contribution in [3.63, 3.8) is 0 Å². The molecule has 106 valence electrons. The molecule has 2 rings (SSSR count). The molecule has 0 atom stereocenters. The van der Waals surface area contributed by atoms with Crippen LogP contribution in [0.4, 0.5) is 0 Å². The Labute approximate surface area is 119 Å². The average molecular weight is 281 g/mol. The fraction of sp³-hybridized carbons (Fsp3) is 0.643. The molecule has 1 amide bonds. The summed E-state index contributed by atoms with van der Waals surface area (Å²) in [5.74, 6) is 0.225. The van der Waals surface area contributed by atoms with E-state index in [1.807, 2.05) is 4.90 Å². The molecule has 0 aromatic carbocycles. The Hall–Kier alpha value is -0.910. The van der Waals surface area contributed by atoms with E-state index in [0.717, 1.165) is 39.1 Å². The van der Waals surface area contributed by atoms with E-state index < -0.39 is 0 Å². The van der Waals surface area contributed by atoms with Gasteiger partial charge in [0.05, 0.1) is 6.54 Å². The summed E-state index contributed by atoms with van der Waals surface area (Å²) in [5.41, 5.74) is 1.39. The first kappa shape index (κ1) is 14.5. The molecule has 1 fully saturated rings. The van der Waals surface area contributed by atoms with Gasteiger partial charge in [0.2, 0.25) is 5.91 Å². The van der Waals surface area contributed by atoms with E-state index in [2.05, 4.69) is 35.6 Å². The van der Waals surface area contributed by atoms with Gasteiger partial charge in [-0.1, -0.05) is 6.92 Å². The molecule has 5 heteroatoms. The van der Waals surface area contributed by atoms with E-state index in [1.165, 1.54) is 10.4 Å². The first-order valence-electron chi connectivity index (χ1n) is 6.93. The van der Waals surface area contributed by atoms with E-state index in [9.17, 15) is 4.79 Å². The molecule has 19 heavy (non-hydrogen) atoms. The minimum atomic E-state index is 0.225. The standard InChI is InChI=1S/C14H23N3OS/c1-3-12-4-9-19-13(12)10-15-11-14(18)17-7-5-16(2)6-8-17/h4,9,15H,3,5-8,10-11H2,1-2H3. The van der Waals surface area contributed by atoms with Gasteiger partial charge in [-0.05, 0) is 30.5 Å². The van der Waals surface area contributed by atoms with Crippen LogP contribution in [0, 0.1) is 0 Å². The van der Waals surface area contributed by atoms with E-state index >= 15 is 0 Å². The molecule has 2 heterocycles. The van der Waals surface area contributed by atoms with E-state index in [0.29, 0.717) is 6.54 Å². The first-order valence-corrected chi connectivity index (χ1v) is 7.81. The molecule has 1 aromatic rings. The molecule has 1 aliphatic rings. The van der Waals surface area contributed by atoms with Crippen molar-refractivity contribution in [3.05, 3.63) is 21.9 Å². The maximum absolute atomic E-state index is 12.0. The lowest BCUT2D eigenvalue weighted by molar-refractivity contribution is -0.131. The molecule has 0 spiro atoms. The van der Waals surface area contributed by atoms with E-state index in [1.54, 1.807) is 11.3 Å². The molecular formula is C14H23N3OS. The zero-order chi connectivity index (χ0) is 13.7. The molecule has 1 N–H and O–H groups in total. The Morgan fingerprint density at radius 2 is 2.11 bits per heavy atom. The fourth-order valence-corrected chi connectivity index (χ4v) is 3.23. The second-order valence-corrected chi connectivity index (χ2v) is 6.01. The first-order chi connectivity index (χ1) is 9.20.